The molecular formula is C22H22N2O5S. The Balaban J connectivity index is 1.62. The number of esters is 1. The van der Waals surface area contributed by atoms with Crippen LogP contribution in [0.4, 0.5) is 5.13 Å². The van der Waals surface area contributed by atoms with Crippen LogP contribution < -0.4 is 14.8 Å². The molecule has 3 rings (SSSR count). The van der Waals surface area contributed by atoms with Crippen LogP contribution in [0.5, 0.6) is 11.5 Å². The average molecular weight is 426 g/mol. The standard InChI is InChI=1S/C22H22N2O5S/c1-13-8-9-15(10-14(13)2)16-12-30-22(23-16)24-19(25)11-29-21(26)20-17(27-3)6-5-7-18(20)28-4/h5-10,12H,11H2,1-4H3,(H,23,24,25). The molecule has 3 aromatic rings. The minimum absolute atomic E-state index is 0.126. The Morgan fingerprint density at radius 3 is 2.37 bits per heavy atom. The van der Waals surface area contributed by atoms with Crippen molar-refractivity contribution < 1.29 is 23.8 Å². The largest absolute Gasteiger partial charge is 0.496 e. The van der Waals surface area contributed by atoms with E-state index in [1.165, 1.54) is 36.7 Å². The van der Waals surface area contributed by atoms with E-state index >= 15 is 0 Å². The topological polar surface area (TPSA) is 86.8 Å². The van der Waals surface area contributed by atoms with Crippen LogP contribution in [-0.2, 0) is 9.53 Å². The number of methoxy groups -OCH3 is 2. The van der Waals surface area contributed by atoms with Gasteiger partial charge < -0.3 is 14.2 Å². The van der Waals surface area contributed by atoms with Crippen molar-refractivity contribution in [3.05, 3.63) is 58.5 Å². The maximum atomic E-state index is 12.4. The number of benzene rings is 2. The number of thiazole rings is 1. The van der Waals surface area contributed by atoms with E-state index in [0.717, 1.165) is 11.3 Å². The van der Waals surface area contributed by atoms with E-state index in [4.69, 9.17) is 14.2 Å². The van der Waals surface area contributed by atoms with Crippen LogP contribution in [0.1, 0.15) is 21.5 Å². The molecule has 156 valence electrons. The maximum Gasteiger partial charge on any atom is 0.346 e. The number of carbonyl (C=O) groups is 2. The van der Waals surface area contributed by atoms with Crippen LogP contribution in [-0.4, -0.2) is 37.7 Å². The molecule has 8 heteroatoms. The highest BCUT2D eigenvalue weighted by Crippen LogP contribution is 2.29. The molecule has 0 radical (unpaired) electrons. The lowest BCUT2D eigenvalue weighted by Gasteiger charge is -2.12. The van der Waals surface area contributed by atoms with Crippen LogP contribution in [0.15, 0.2) is 41.8 Å². The summed E-state index contributed by atoms with van der Waals surface area (Å²) in [5, 5.41) is 4.95. The van der Waals surface area contributed by atoms with Crippen LogP contribution in [0.3, 0.4) is 0 Å². The lowest BCUT2D eigenvalue weighted by Crippen LogP contribution is -2.21. The molecule has 0 unspecified atom stereocenters. The second-order valence-corrected chi connectivity index (χ2v) is 7.36. The van der Waals surface area contributed by atoms with E-state index in [1.807, 2.05) is 31.4 Å². The number of hydrogen-bond donors (Lipinski definition) is 1. The third-order valence-electron chi connectivity index (χ3n) is 4.52. The molecular weight excluding hydrogens is 404 g/mol. The molecule has 0 bridgehead atoms. The molecule has 0 aliphatic rings. The van der Waals surface area contributed by atoms with Gasteiger partial charge in [-0.2, -0.15) is 0 Å². The summed E-state index contributed by atoms with van der Waals surface area (Å²) < 4.78 is 15.5. The first-order chi connectivity index (χ1) is 14.4. The van der Waals surface area contributed by atoms with Gasteiger partial charge in [0.05, 0.1) is 19.9 Å². The Hall–Kier alpha value is -3.39. The number of aryl methyl sites for hydroxylation is 2. The smallest absolute Gasteiger partial charge is 0.346 e. The summed E-state index contributed by atoms with van der Waals surface area (Å²) >= 11 is 1.30. The fourth-order valence-electron chi connectivity index (χ4n) is 2.78. The van der Waals surface area contributed by atoms with Crippen molar-refractivity contribution in [2.45, 2.75) is 13.8 Å². The monoisotopic (exact) mass is 426 g/mol. The Bertz CT molecular complexity index is 1050. The summed E-state index contributed by atoms with van der Waals surface area (Å²) in [5.74, 6) is -0.594. The number of carbonyl (C=O) groups excluding carboxylic acids is 2. The fourth-order valence-corrected chi connectivity index (χ4v) is 3.51. The number of anilines is 1. The summed E-state index contributed by atoms with van der Waals surface area (Å²) in [6, 6.07) is 11.0. The highest BCUT2D eigenvalue weighted by Gasteiger charge is 2.21. The van der Waals surface area contributed by atoms with E-state index in [0.29, 0.717) is 16.6 Å². The summed E-state index contributed by atoms with van der Waals surface area (Å²) in [5.41, 5.74) is 4.25. The zero-order valence-electron chi connectivity index (χ0n) is 17.1. The normalized spacial score (nSPS) is 10.4. The Labute approximate surface area is 178 Å². The van der Waals surface area contributed by atoms with E-state index in [9.17, 15) is 9.59 Å². The second-order valence-electron chi connectivity index (χ2n) is 6.50. The van der Waals surface area contributed by atoms with Crippen molar-refractivity contribution in [2.75, 3.05) is 26.1 Å². The number of nitrogens with one attached hydrogen (secondary N) is 1. The number of rotatable bonds is 7. The van der Waals surface area contributed by atoms with Crippen molar-refractivity contribution in [2.24, 2.45) is 0 Å². The van der Waals surface area contributed by atoms with Gasteiger partial charge in [-0.05, 0) is 43.2 Å². The van der Waals surface area contributed by atoms with E-state index in [-0.39, 0.29) is 5.56 Å². The van der Waals surface area contributed by atoms with Crippen LogP contribution >= 0.6 is 11.3 Å². The molecule has 2 aromatic carbocycles. The first-order valence-electron chi connectivity index (χ1n) is 9.14. The van der Waals surface area contributed by atoms with Crippen molar-refractivity contribution in [3.8, 4) is 22.8 Å². The summed E-state index contributed by atoms with van der Waals surface area (Å²) in [4.78, 5) is 29.1. The molecule has 0 fully saturated rings. The molecule has 0 spiro atoms. The van der Waals surface area contributed by atoms with Gasteiger partial charge in [0, 0.05) is 10.9 Å². The van der Waals surface area contributed by atoms with E-state index < -0.39 is 18.5 Å². The molecule has 1 aromatic heterocycles. The lowest BCUT2D eigenvalue weighted by atomic mass is 10.1. The fraction of sp³-hybridized carbons (Fsp3) is 0.227. The van der Waals surface area contributed by atoms with Gasteiger partial charge >= 0.3 is 5.97 Å². The van der Waals surface area contributed by atoms with E-state index in [1.54, 1.807) is 18.2 Å². The van der Waals surface area contributed by atoms with Crippen LogP contribution in [0, 0.1) is 13.8 Å². The molecule has 1 heterocycles. The predicted molar refractivity (Wildman–Crippen MR) is 115 cm³/mol. The molecule has 1 N–H and O–H groups in total. The Kier molecular flexibility index (Phi) is 6.68. The first kappa shape index (κ1) is 21.3. The average Bonchev–Trinajstić information content (AvgIpc) is 3.21. The van der Waals surface area contributed by atoms with Crippen LogP contribution in [0.2, 0.25) is 0 Å². The quantitative estimate of drug-likeness (QED) is 0.569. The van der Waals surface area contributed by atoms with Crippen LogP contribution in [0.25, 0.3) is 11.3 Å². The van der Waals surface area contributed by atoms with E-state index in [2.05, 4.69) is 16.4 Å². The Morgan fingerprint density at radius 1 is 1.03 bits per heavy atom. The molecule has 1 amide bonds. The molecule has 30 heavy (non-hydrogen) atoms. The third kappa shape index (κ3) is 4.77. The number of ether oxygens (including phenoxy) is 3. The number of hydrogen-bond acceptors (Lipinski definition) is 7. The van der Waals surface area contributed by atoms with Gasteiger partial charge in [0.2, 0.25) is 0 Å². The Morgan fingerprint density at radius 2 is 1.73 bits per heavy atom. The van der Waals surface area contributed by atoms with Crippen molar-refractivity contribution >= 4 is 28.3 Å². The number of nitrogens with zero attached hydrogens (tertiary/aromatic N) is 1. The predicted octanol–water partition coefficient (Wildman–Crippen LogP) is 4.24. The van der Waals surface area contributed by atoms with Gasteiger partial charge in [-0.15, -0.1) is 11.3 Å². The van der Waals surface area contributed by atoms with Crippen molar-refractivity contribution in [3.63, 3.8) is 0 Å². The number of amides is 1. The van der Waals surface area contributed by atoms with Gasteiger partial charge in [0.1, 0.15) is 17.1 Å². The SMILES string of the molecule is COc1cccc(OC)c1C(=O)OCC(=O)Nc1nc(-c2ccc(C)c(C)c2)cs1. The number of aromatic nitrogens is 1. The van der Waals surface area contributed by atoms with Crippen molar-refractivity contribution in [1.29, 1.82) is 0 Å². The molecule has 0 atom stereocenters. The molecule has 0 aliphatic carbocycles. The molecule has 0 saturated carbocycles. The minimum Gasteiger partial charge on any atom is -0.496 e. The first-order valence-corrected chi connectivity index (χ1v) is 10.0. The summed E-state index contributed by atoms with van der Waals surface area (Å²) in [6.07, 6.45) is 0. The zero-order valence-corrected chi connectivity index (χ0v) is 18.0. The van der Waals surface area contributed by atoms with Crippen molar-refractivity contribution in [1.82, 2.24) is 4.98 Å². The highest BCUT2D eigenvalue weighted by molar-refractivity contribution is 7.14. The van der Waals surface area contributed by atoms with Gasteiger partial charge in [-0.25, -0.2) is 9.78 Å². The lowest BCUT2D eigenvalue weighted by molar-refractivity contribution is -0.119. The highest BCUT2D eigenvalue weighted by atomic mass is 32.1. The van der Waals surface area contributed by atoms with Gasteiger partial charge in [0.25, 0.3) is 5.91 Å². The third-order valence-corrected chi connectivity index (χ3v) is 5.28. The molecule has 0 saturated heterocycles. The van der Waals surface area contributed by atoms with Gasteiger partial charge in [0.15, 0.2) is 11.7 Å². The zero-order chi connectivity index (χ0) is 21.7. The van der Waals surface area contributed by atoms with Gasteiger partial charge in [-0.3, -0.25) is 10.1 Å². The molecule has 7 nitrogen and oxygen atoms in total. The van der Waals surface area contributed by atoms with Gasteiger partial charge in [-0.1, -0.05) is 18.2 Å². The summed E-state index contributed by atoms with van der Waals surface area (Å²) in [7, 11) is 2.88. The molecule has 0 aliphatic heterocycles. The summed E-state index contributed by atoms with van der Waals surface area (Å²) in [6.45, 7) is 3.63. The second kappa shape index (κ2) is 9.41. The maximum absolute atomic E-state index is 12.4. The minimum atomic E-state index is -0.714.